The highest BCUT2D eigenvalue weighted by atomic mass is 35.5. The lowest BCUT2D eigenvalue weighted by molar-refractivity contribution is -0.123. The highest BCUT2D eigenvalue weighted by Crippen LogP contribution is 2.68. The van der Waals surface area contributed by atoms with E-state index >= 15 is 0 Å². The summed E-state index contributed by atoms with van der Waals surface area (Å²) in [6.07, 6.45) is 0.748. The summed E-state index contributed by atoms with van der Waals surface area (Å²) < 4.78 is 34.5. The van der Waals surface area contributed by atoms with E-state index in [-0.39, 0.29) is 57.1 Å². The molecule has 258 valence electrons. The number of carbonyl (C=O) groups is 3. The van der Waals surface area contributed by atoms with Crippen molar-refractivity contribution in [1.29, 1.82) is 0 Å². The molecule has 50 heavy (non-hydrogen) atoms. The number of ether oxygens (including phenoxy) is 2. The van der Waals surface area contributed by atoms with Gasteiger partial charge in [0.15, 0.2) is 18.1 Å². The monoisotopic (exact) mass is 752 g/mol. The number of methoxy groups -OCH3 is 1. The zero-order valence-electron chi connectivity index (χ0n) is 26.2. The Hall–Kier alpha value is -4.15. The molecule has 4 N–H and O–H groups in total. The van der Waals surface area contributed by atoms with Crippen LogP contribution < -0.4 is 29.7 Å². The molecule has 0 spiro atoms. The fraction of sp³-hybridized carbons (Fsp3) is 0.294. The lowest BCUT2D eigenvalue weighted by Gasteiger charge is -2.43. The van der Waals surface area contributed by atoms with Gasteiger partial charge < -0.3 is 19.8 Å². The molecule has 3 aromatic carbocycles. The number of fused-ring (bicyclic) bond motifs is 9. The summed E-state index contributed by atoms with van der Waals surface area (Å²) in [7, 11) is -2.37. The number of anilines is 2. The number of benzene rings is 3. The second-order valence-electron chi connectivity index (χ2n) is 12.8. The predicted octanol–water partition coefficient (Wildman–Crippen LogP) is 4.44. The van der Waals surface area contributed by atoms with Crippen LogP contribution in [0.4, 0.5) is 11.4 Å². The van der Waals surface area contributed by atoms with Crippen molar-refractivity contribution in [1.82, 2.24) is 4.98 Å². The molecule has 3 amide bonds. The molecule has 7 atom stereocenters. The number of imide groups is 1. The summed E-state index contributed by atoms with van der Waals surface area (Å²) >= 11 is 8.85. The molecule has 0 radical (unpaired) electrons. The number of hydrogen-bond acceptors (Lipinski definition) is 10. The summed E-state index contributed by atoms with van der Waals surface area (Å²) in [6, 6.07) is 17.6. The zero-order valence-corrected chi connectivity index (χ0v) is 29.4. The van der Waals surface area contributed by atoms with Crippen LogP contribution in [-0.4, -0.2) is 50.1 Å². The summed E-state index contributed by atoms with van der Waals surface area (Å²) in [5.41, 5.74) is 1.75. The molecule has 6 unspecified atom stereocenters. The third kappa shape index (κ3) is 5.42. The molecular formula is C34H29ClN4O8S3. The Bertz CT molecular complexity index is 2220. The van der Waals surface area contributed by atoms with Crippen molar-refractivity contribution in [2.75, 3.05) is 23.9 Å². The van der Waals surface area contributed by atoms with E-state index in [1.807, 2.05) is 12.1 Å². The molecule has 3 heterocycles. The highest BCUT2D eigenvalue weighted by molar-refractivity contribution is 8.00. The van der Waals surface area contributed by atoms with Gasteiger partial charge in [-0.25, -0.2) is 13.6 Å². The number of amides is 3. The second kappa shape index (κ2) is 12.3. The number of nitrogens with two attached hydrogens (primary N) is 1. The van der Waals surface area contributed by atoms with E-state index in [4.69, 9.17) is 26.2 Å². The van der Waals surface area contributed by atoms with Gasteiger partial charge in [0.05, 0.1) is 34.6 Å². The minimum absolute atomic E-state index is 0.00978. The average molecular weight is 753 g/mol. The van der Waals surface area contributed by atoms with E-state index in [1.165, 1.54) is 36.3 Å². The summed E-state index contributed by atoms with van der Waals surface area (Å²) in [5.74, 6) is -1.39. The Morgan fingerprint density at radius 3 is 2.38 bits per heavy atom. The van der Waals surface area contributed by atoms with Gasteiger partial charge in [0, 0.05) is 26.8 Å². The van der Waals surface area contributed by atoms with Gasteiger partial charge >= 0.3 is 4.87 Å². The Balaban J connectivity index is 1.06. The predicted molar refractivity (Wildman–Crippen MR) is 187 cm³/mol. The first-order valence-corrected chi connectivity index (χ1v) is 19.3. The van der Waals surface area contributed by atoms with Crippen LogP contribution in [0.2, 0.25) is 5.02 Å². The molecule has 2 aliphatic heterocycles. The van der Waals surface area contributed by atoms with Gasteiger partial charge in [-0.2, -0.15) is 0 Å². The van der Waals surface area contributed by atoms with Crippen LogP contribution in [0.5, 0.6) is 11.5 Å². The van der Waals surface area contributed by atoms with Crippen molar-refractivity contribution in [3.8, 4) is 11.5 Å². The number of thiazole rings is 1. The van der Waals surface area contributed by atoms with Crippen LogP contribution in [0.15, 0.2) is 81.4 Å². The van der Waals surface area contributed by atoms with E-state index < -0.39 is 27.8 Å². The number of nitrogens with one attached hydrogen (secondary N) is 2. The quantitative estimate of drug-likeness (QED) is 0.220. The van der Waals surface area contributed by atoms with Crippen molar-refractivity contribution >= 4 is 73.8 Å². The number of aromatic amines is 1. The third-order valence-corrected chi connectivity index (χ3v) is 14.0. The molecule has 8 rings (SSSR count). The lowest BCUT2D eigenvalue weighted by Crippen LogP contribution is -2.42. The van der Waals surface area contributed by atoms with Crippen LogP contribution >= 0.6 is 34.7 Å². The van der Waals surface area contributed by atoms with E-state index in [9.17, 15) is 27.6 Å². The number of halogens is 1. The second-order valence-corrected chi connectivity index (χ2v) is 17.0. The number of nitrogens with zero attached hydrogens (tertiary/aromatic N) is 1. The van der Waals surface area contributed by atoms with Gasteiger partial charge in [-0.15, -0.1) is 11.8 Å². The maximum atomic E-state index is 14.0. The molecule has 2 saturated carbocycles. The van der Waals surface area contributed by atoms with Crippen molar-refractivity contribution in [2.45, 2.75) is 27.5 Å². The van der Waals surface area contributed by atoms with Gasteiger partial charge in [-0.05, 0) is 90.4 Å². The number of carbonyl (C=O) groups excluding carboxylic acids is 3. The number of sulfonamides is 1. The van der Waals surface area contributed by atoms with E-state index in [0.29, 0.717) is 27.9 Å². The number of thioether (sulfide) groups is 1. The van der Waals surface area contributed by atoms with Gasteiger partial charge in [0.2, 0.25) is 21.8 Å². The largest absolute Gasteiger partial charge is 0.493 e. The van der Waals surface area contributed by atoms with E-state index in [2.05, 4.69) is 10.3 Å². The van der Waals surface area contributed by atoms with Gasteiger partial charge in [0.1, 0.15) is 0 Å². The van der Waals surface area contributed by atoms with E-state index in [1.54, 1.807) is 42.1 Å². The molecule has 16 heteroatoms. The summed E-state index contributed by atoms with van der Waals surface area (Å²) in [5, 5.41) is 9.10. The first kappa shape index (κ1) is 33.0. The average Bonchev–Trinajstić information content (AvgIpc) is 3.83. The standard InChI is InChI=1S/C34H29ClN4O8S3/c1-46-23-12-15(2-11-22(23)47-14-24(40)37-17-5-9-19(10-6-17)50(36,44)45)25-26-20-13-21(29(26)48-31-30(25)49-34(43)38-31)28-27(20)32(41)39(33(28)42)18-7-3-16(35)4-8-18/h2-12,20-21,25-29H,13-14H2,1H3,(H,37,40)(H,38,43)(H2,36,44,45)/t20?,21?,25-,26?,27?,28?,29?/m1/s1. The maximum absolute atomic E-state index is 14.0. The van der Waals surface area contributed by atoms with Crippen LogP contribution in [0.25, 0.3) is 0 Å². The number of hydrogen-bond donors (Lipinski definition) is 3. The molecule has 1 saturated heterocycles. The van der Waals surface area contributed by atoms with Crippen LogP contribution in [-0.2, 0) is 24.4 Å². The molecule has 1 aromatic heterocycles. The van der Waals surface area contributed by atoms with Gasteiger partial charge in [-0.1, -0.05) is 29.0 Å². The minimum atomic E-state index is -3.86. The number of rotatable bonds is 8. The molecule has 4 aliphatic rings. The fourth-order valence-corrected chi connectivity index (χ4v) is 11.8. The van der Waals surface area contributed by atoms with Crippen molar-refractivity contribution in [2.24, 2.45) is 34.7 Å². The summed E-state index contributed by atoms with van der Waals surface area (Å²) in [6.45, 7) is -0.353. The first-order valence-electron chi connectivity index (χ1n) is 15.7. The molecule has 2 bridgehead atoms. The Morgan fingerprint density at radius 1 is 1.00 bits per heavy atom. The molecule has 12 nitrogen and oxygen atoms in total. The summed E-state index contributed by atoms with van der Waals surface area (Å²) in [4.78, 5) is 58.2. The molecule has 2 aliphatic carbocycles. The molecular weight excluding hydrogens is 724 g/mol. The van der Waals surface area contributed by atoms with Crippen molar-refractivity contribution in [3.05, 3.63) is 91.9 Å². The topological polar surface area (TPSA) is 178 Å². The van der Waals surface area contributed by atoms with Crippen molar-refractivity contribution in [3.63, 3.8) is 0 Å². The molecule has 3 fully saturated rings. The number of primary sulfonamides is 1. The Morgan fingerprint density at radius 2 is 1.70 bits per heavy atom. The number of aromatic nitrogens is 1. The normalized spacial score (nSPS) is 26.4. The lowest BCUT2D eigenvalue weighted by atomic mass is 9.68. The number of H-pyrrole nitrogens is 1. The van der Waals surface area contributed by atoms with Gasteiger partial charge in [0.25, 0.3) is 5.91 Å². The van der Waals surface area contributed by atoms with Crippen molar-refractivity contribution < 1.29 is 32.3 Å². The van der Waals surface area contributed by atoms with Crippen LogP contribution in [0.1, 0.15) is 22.8 Å². The third-order valence-electron chi connectivity index (χ3n) is 10.2. The van der Waals surface area contributed by atoms with Crippen LogP contribution in [0, 0.1) is 29.6 Å². The van der Waals surface area contributed by atoms with E-state index in [0.717, 1.165) is 33.2 Å². The van der Waals surface area contributed by atoms with Gasteiger partial charge in [-0.3, -0.25) is 24.1 Å². The SMILES string of the molecule is COc1cc([C@H]2c3sc(=O)[nH]c3SC3C4CC(C5C(=O)N(c6ccc(Cl)cc6)C(=O)C45)C32)ccc1OCC(=O)Nc1ccc(S(N)(=O)=O)cc1. The fourth-order valence-electron chi connectivity index (χ4n) is 8.30. The highest BCUT2D eigenvalue weighted by Gasteiger charge is 2.69. The minimum Gasteiger partial charge on any atom is -0.493 e. The Kier molecular flexibility index (Phi) is 8.10. The zero-order chi connectivity index (χ0) is 35.1. The Labute approximate surface area is 299 Å². The smallest absolute Gasteiger partial charge is 0.305 e. The maximum Gasteiger partial charge on any atom is 0.305 e. The first-order chi connectivity index (χ1) is 23.9. The van der Waals surface area contributed by atoms with Crippen LogP contribution in [0.3, 0.4) is 0 Å². The molecule has 4 aromatic rings.